The summed E-state index contributed by atoms with van der Waals surface area (Å²) in [7, 11) is 4.19. The Balaban J connectivity index is 2.01. The van der Waals surface area contributed by atoms with Gasteiger partial charge in [0.25, 0.3) is 0 Å². The summed E-state index contributed by atoms with van der Waals surface area (Å²) in [5.41, 5.74) is 0. The van der Waals surface area contributed by atoms with Crippen LogP contribution < -0.4 is 0 Å². The van der Waals surface area contributed by atoms with Gasteiger partial charge in [0.2, 0.25) is 0 Å². The SMILES string of the molecule is CN(C)[CH]C1CCC1. The van der Waals surface area contributed by atoms with Crippen LogP contribution in [0.15, 0.2) is 0 Å². The third kappa shape index (κ3) is 1.48. The van der Waals surface area contributed by atoms with Gasteiger partial charge in [0.05, 0.1) is 0 Å². The van der Waals surface area contributed by atoms with Crippen LogP contribution in [0.1, 0.15) is 19.3 Å². The Kier molecular flexibility index (Phi) is 1.90. The molecule has 0 atom stereocenters. The molecule has 1 rings (SSSR count). The lowest BCUT2D eigenvalue weighted by Gasteiger charge is -2.27. The van der Waals surface area contributed by atoms with Crippen LogP contribution in [0.25, 0.3) is 0 Å². The third-order valence-electron chi connectivity index (χ3n) is 1.66. The number of rotatable bonds is 2. The first-order valence-electron chi connectivity index (χ1n) is 3.30. The van der Waals surface area contributed by atoms with Crippen LogP contribution in [0.3, 0.4) is 0 Å². The second-order valence-electron chi connectivity index (χ2n) is 2.80. The molecule has 1 aliphatic rings. The molecule has 0 unspecified atom stereocenters. The van der Waals surface area contributed by atoms with Gasteiger partial charge in [-0.05, 0) is 32.9 Å². The summed E-state index contributed by atoms with van der Waals surface area (Å²) in [6, 6.07) is 0. The minimum atomic E-state index is 0.907. The standard InChI is InChI=1S/C7H14N/c1-8(2)6-7-4-3-5-7/h6-7H,3-5H2,1-2H3. The van der Waals surface area contributed by atoms with Gasteiger partial charge in [-0.1, -0.05) is 6.42 Å². The highest BCUT2D eigenvalue weighted by Gasteiger charge is 2.17. The van der Waals surface area contributed by atoms with Crippen molar-refractivity contribution in [2.45, 2.75) is 19.3 Å². The van der Waals surface area contributed by atoms with Gasteiger partial charge in [0.1, 0.15) is 0 Å². The fourth-order valence-corrected chi connectivity index (χ4v) is 1.01. The van der Waals surface area contributed by atoms with Gasteiger partial charge in [-0.2, -0.15) is 0 Å². The van der Waals surface area contributed by atoms with E-state index in [1.165, 1.54) is 19.3 Å². The molecule has 0 aromatic rings. The lowest BCUT2D eigenvalue weighted by molar-refractivity contribution is 0.288. The Morgan fingerprint density at radius 3 is 2.12 bits per heavy atom. The Labute approximate surface area is 51.7 Å². The number of hydrogen-bond acceptors (Lipinski definition) is 1. The van der Waals surface area contributed by atoms with Gasteiger partial charge >= 0.3 is 0 Å². The molecule has 0 N–H and O–H groups in total. The molecular formula is C7H14N. The normalized spacial score (nSPS) is 21.4. The van der Waals surface area contributed by atoms with Gasteiger partial charge in [-0.3, -0.25) is 0 Å². The second kappa shape index (κ2) is 2.49. The summed E-state index contributed by atoms with van der Waals surface area (Å²) in [5, 5.41) is 0. The fourth-order valence-electron chi connectivity index (χ4n) is 1.01. The van der Waals surface area contributed by atoms with Gasteiger partial charge in [0.15, 0.2) is 0 Å². The van der Waals surface area contributed by atoms with Crippen molar-refractivity contribution in [2.24, 2.45) is 5.92 Å². The molecule has 0 heterocycles. The minimum absolute atomic E-state index is 0.907. The molecule has 1 radical (unpaired) electrons. The van der Waals surface area contributed by atoms with Crippen molar-refractivity contribution in [1.82, 2.24) is 4.90 Å². The molecule has 0 aromatic carbocycles. The monoisotopic (exact) mass is 112 g/mol. The van der Waals surface area contributed by atoms with Gasteiger partial charge in [-0.25, -0.2) is 0 Å². The van der Waals surface area contributed by atoms with E-state index in [4.69, 9.17) is 0 Å². The predicted octanol–water partition coefficient (Wildman–Crippen LogP) is 1.51. The molecule has 0 aromatic heterocycles. The molecule has 8 heavy (non-hydrogen) atoms. The molecule has 0 aliphatic heterocycles. The van der Waals surface area contributed by atoms with Gasteiger partial charge in [-0.15, -0.1) is 0 Å². The van der Waals surface area contributed by atoms with Crippen LogP contribution in [-0.4, -0.2) is 19.0 Å². The first-order valence-corrected chi connectivity index (χ1v) is 3.30. The van der Waals surface area contributed by atoms with Crippen LogP contribution in [-0.2, 0) is 0 Å². The highest BCUT2D eigenvalue weighted by atomic mass is 15.1. The minimum Gasteiger partial charge on any atom is -0.305 e. The molecule has 1 aliphatic carbocycles. The lowest BCUT2D eigenvalue weighted by atomic mass is 9.85. The summed E-state index contributed by atoms with van der Waals surface area (Å²) in [6.07, 6.45) is 4.27. The van der Waals surface area contributed by atoms with E-state index in [1.807, 2.05) is 0 Å². The van der Waals surface area contributed by atoms with E-state index in [0.29, 0.717) is 0 Å². The number of hydrogen-bond donors (Lipinski definition) is 0. The Morgan fingerprint density at radius 1 is 1.38 bits per heavy atom. The largest absolute Gasteiger partial charge is 0.305 e. The molecule has 1 heteroatoms. The third-order valence-corrected chi connectivity index (χ3v) is 1.66. The zero-order valence-corrected chi connectivity index (χ0v) is 5.72. The highest BCUT2D eigenvalue weighted by Crippen LogP contribution is 2.28. The van der Waals surface area contributed by atoms with Gasteiger partial charge in [0, 0.05) is 6.54 Å². The summed E-state index contributed by atoms with van der Waals surface area (Å²) in [6.45, 7) is 2.31. The topological polar surface area (TPSA) is 3.24 Å². The maximum Gasteiger partial charge on any atom is 0.0276 e. The fraction of sp³-hybridized carbons (Fsp3) is 0.857. The van der Waals surface area contributed by atoms with Crippen LogP contribution in [0.4, 0.5) is 0 Å². The van der Waals surface area contributed by atoms with Crippen molar-refractivity contribution in [2.75, 3.05) is 14.1 Å². The molecule has 0 spiro atoms. The van der Waals surface area contributed by atoms with E-state index < -0.39 is 0 Å². The Morgan fingerprint density at radius 2 is 2.00 bits per heavy atom. The van der Waals surface area contributed by atoms with Gasteiger partial charge < -0.3 is 4.90 Å². The average Bonchev–Trinajstić information content (AvgIpc) is 1.55. The molecule has 0 bridgehead atoms. The molecule has 1 saturated carbocycles. The Bertz CT molecular complexity index is 64.8. The first kappa shape index (κ1) is 6.09. The number of nitrogens with zero attached hydrogens (tertiary/aromatic N) is 1. The van der Waals surface area contributed by atoms with Crippen molar-refractivity contribution in [3.8, 4) is 0 Å². The van der Waals surface area contributed by atoms with Crippen LogP contribution in [0.2, 0.25) is 0 Å². The van der Waals surface area contributed by atoms with Crippen LogP contribution >= 0.6 is 0 Å². The quantitative estimate of drug-likeness (QED) is 0.523. The molecular weight excluding hydrogens is 98.1 g/mol. The summed E-state index contributed by atoms with van der Waals surface area (Å²) in [4.78, 5) is 2.16. The van der Waals surface area contributed by atoms with E-state index >= 15 is 0 Å². The van der Waals surface area contributed by atoms with E-state index in [-0.39, 0.29) is 0 Å². The maximum atomic E-state index is 2.31. The lowest BCUT2D eigenvalue weighted by Crippen LogP contribution is -2.20. The maximum absolute atomic E-state index is 2.31. The zero-order chi connectivity index (χ0) is 5.98. The zero-order valence-electron chi connectivity index (χ0n) is 5.72. The summed E-state index contributed by atoms with van der Waals surface area (Å²) in [5.74, 6) is 0.907. The van der Waals surface area contributed by atoms with E-state index in [0.717, 1.165) is 5.92 Å². The summed E-state index contributed by atoms with van der Waals surface area (Å²) >= 11 is 0. The van der Waals surface area contributed by atoms with Crippen molar-refractivity contribution < 1.29 is 0 Å². The van der Waals surface area contributed by atoms with E-state index in [9.17, 15) is 0 Å². The molecule has 1 fully saturated rings. The van der Waals surface area contributed by atoms with Crippen molar-refractivity contribution >= 4 is 0 Å². The smallest absolute Gasteiger partial charge is 0.0276 e. The molecule has 47 valence electrons. The van der Waals surface area contributed by atoms with E-state index in [1.54, 1.807) is 0 Å². The molecule has 1 nitrogen and oxygen atoms in total. The van der Waals surface area contributed by atoms with Crippen molar-refractivity contribution in [3.63, 3.8) is 0 Å². The van der Waals surface area contributed by atoms with E-state index in [2.05, 4.69) is 25.5 Å². The Hall–Kier alpha value is -0.0400. The predicted molar refractivity (Wildman–Crippen MR) is 35.3 cm³/mol. The van der Waals surface area contributed by atoms with Crippen LogP contribution in [0, 0.1) is 12.5 Å². The molecule has 0 saturated heterocycles. The average molecular weight is 112 g/mol. The summed E-state index contributed by atoms with van der Waals surface area (Å²) < 4.78 is 0. The van der Waals surface area contributed by atoms with Crippen LogP contribution in [0.5, 0.6) is 0 Å². The molecule has 0 amide bonds. The van der Waals surface area contributed by atoms with Crippen molar-refractivity contribution in [1.29, 1.82) is 0 Å². The van der Waals surface area contributed by atoms with Crippen molar-refractivity contribution in [3.05, 3.63) is 6.54 Å². The first-order chi connectivity index (χ1) is 3.79. The second-order valence-corrected chi connectivity index (χ2v) is 2.80. The highest BCUT2D eigenvalue weighted by molar-refractivity contribution is 4.80.